The molecule has 0 aliphatic heterocycles. The van der Waals surface area contributed by atoms with E-state index in [1.165, 1.54) is 9.88 Å². The SMILES string of the molecule is CCOCC(C)NCCc1ncc(C)s1. The van der Waals surface area contributed by atoms with E-state index in [0.29, 0.717) is 6.04 Å². The van der Waals surface area contributed by atoms with Gasteiger partial charge in [0, 0.05) is 36.7 Å². The lowest BCUT2D eigenvalue weighted by Gasteiger charge is -2.12. The fourth-order valence-electron chi connectivity index (χ4n) is 1.30. The van der Waals surface area contributed by atoms with Crippen LogP contribution in [0.4, 0.5) is 0 Å². The molecular formula is C11H20N2OS. The van der Waals surface area contributed by atoms with Crippen molar-refractivity contribution in [3.63, 3.8) is 0 Å². The second-order valence-electron chi connectivity index (χ2n) is 3.63. The first-order valence-electron chi connectivity index (χ1n) is 5.44. The molecule has 0 bridgehead atoms. The van der Waals surface area contributed by atoms with Crippen LogP contribution in [-0.4, -0.2) is 30.8 Å². The van der Waals surface area contributed by atoms with E-state index < -0.39 is 0 Å². The van der Waals surface area contributed by atoms with E-state index in [1.54, 1.807) is 11.3 Å². The fourth-order valence-corrected chi connectivity index (χ4v) is 2.08. The molecule has 86 valence electrons. The van der Waals surface area contributed by atoms with Crippen molar-refractivity contribution in [1.29, 1.82) is 0 Å². The van der Waals surface area contributed by atoms with E-state index in [9.17, 15) is 0 Å². The van der Waals surface area contributed by atoms with Crippen LogP contribution in [0.2, 0.25) is 0 Å². The summed E-state index contributed by atoms with van der Waals surface area (Å²) >= 11 is 1.77. The number of thiazole rings is 1. The standard InChI is InChI=1S/C11H20N2OS/c1-4-14-8-9(2)12-6-5-11-13-7-10(3)15-11/h7,9,12H,4-6,8H2,1-3H3. The van der Waals surface area contributed by atoms with Gasteiger partial charge in [-0.25, -0.2) is 4.98 Å². The van der Waals surface area contributed by atoms with Crippen LogP contribution in [-0.2, 0) is 11.2 Å². The first-order valence-corrected chi connectivity index (χ1v) is 6.26. The summed E-state index contributed by atoms with van der Waals surface area (Å²) in [6.45, 7) is 8.80. The predicted octanol–water partition coefficient (Wildman–Crippen LogP) is 2.01. The van der Waals surface area contributed by atoms with Crippen molar-refractivity contribution >= 4 is 11.3 Å². The van der Waals surface area contributed by atoms with Gasteiger partial charge in [0.25, 0.3) is 0 Å². The molecule has 0 radical (unpaired) electrons. The van der Waals surface area contributed by atoms with Crippen LogP contribution in [0, 0.1) is 6.92 Å². The molecule has 0 saturated heterocycles. The van der Waals surface area contributed by atoms with Gasteiger partial charge in [-0.2, -0.15) is 0 Å². The summed E-state index contributed by atoms with van der Waals surface area (Å²) in [5.41, 5.74) is 0. The normalized spacial score (nSPS) is 13.0. The molecule has 1 unspecified atom stereocenters. The molecule has 0 spiro atoms. The number of rotatable bonds is 7. The average molecular weight is 228 g/mol. The van der Waals surface area contributed by atoms with Crippen LogP contribution in [0.15, 0.2) is 6.20 Å². The highest BCUT2D eigenvalue weighted by Gasteiger charge is 2.02. The van der Waals surface area contributed by atoms with Gasteiger partial charge in [-0.15, -0.1) is 11.3 Å². The number of nitrogens with zero attached hydrogens (tertiary/aromatic N) is 1. The maximum absolute atomic E-state index is 5.33. The lowest BCUT2D eigenvalue weighted by Crippen LogP contribution is -2.32. The van der Waals surface area contributed by atoms with E-state index in [1.807, 2.05) is 13.1 Å². The maximum atomic E-state index is 5.33. The number of hydrogen-bond donors (Lipinski definition) is 1. The van der Waals surface area contributed by atoms with Gasteiger partial charge < -0.3 is 10.1 Å². The zero-order chi connectivity index (χ0) is 11.1. The second kappa shape index (κ2) is 6.93. The van der Waals surface area contributed by atoms with Crippen molar-refractivity contribution in [3.8, 4) is 0 Å². The molecule has 0 fully saturated rings. The summed E-state index contributed by atoms with van der Waals surface area (Å²) in [5.74, 6) is 0. The van der Waals surface area contributed by atoms with Crippen molar-refractivity contribution in [1.82, 2.24) is 10.3 Å². The fraction of sp³-hybridized carbons (Fsp3) is 0.727. The van der Waals surface area contributed by atoms with Gasteiger partial charge in [-0.05, 0) is 20.8 Å². The second-order valence-corrected chi connectivity index (χ2v) is 4.95. The molecule has 1 atom stereocenters. The van der Waals surface area contributed by atoms with Gasteiger partial charge in [-0.3, -0.25) is 0 Å². The molecule has 1 N–H and O–H groups in total. The topological polar surface area (TPSA) is 34.1 Å². The van der Waals surface area contributed by atoms with Crippen LogP contribution in [0.1, 0.15) is 23.7 Å². The minimum absolute atomic E-state index is 0.422. The molecule has 0 aromatic carbocycles. The van der Waals surface area contributed by atoms with Gasteiger partial charge in [0.1, 0.15) is 0 Å². The van der Waals surface area contributed by atoms with Crippen LogP contribution < -0.4 is 5.32 Å². The van der Waals surface area contributed by atoms with Gasteiger partial charge in [0.15, 0.2) is 0 Å². The predicted molar refractivity (Wildman–Crippen MR) is 64.5 cm³/mol. The Balaban J connectivity index is 2.10. The Hall–Kier alpha value is -0.450. The van der Waals surface area contributed by atoms with Crippen molar-refractivity contribution in [2.45, 2.75) is 33.2 Å². The Morgan fingerprint density at radius 1 is 1.60 bits per heavy atom. The quantitative estimate of drug-likeness (QED) is 0.775. The Bertz CT molecular complexity index is 275. The van der Waals surface area contributed by atoms with Crippen LogP contribution in [0.5, 0.6) is 0 Å². The third kappa shape index (κ3) is 5.25. The molecular weight excluding hydrogens is 208 g/mol. The summed E-state index contributed by atoms with van der Waals surface area (Å²) in [4.78, 5) is 5.61. The molecule has 1 rings (SSSR count). The van der Waals surface area contributed by atoms with E-state index in [4.69, 9.17) is 4.74 Å². The highest BCUT2D eigenvalue weighted by molar-refractivity contribution is 7.11. The Labute approximate surface area is 95.9 Å². The Morgan fingerprint density at radius 2 is 2.40 bits per heavy atom. The number of nitrogens with one attached hydrogen (secondary N) is 1. The van der Waals surface area contributed by atoms with Gasteiger partial charge in [0.05, 0.1) is 11.6 Å². The molecule has 0 aliphatic rings. The summed E-state index contributed by atoms with van der Waals surface area (Å²) in [5, 5.41) is 4.63. The molecule has 1 heterocycles. The van der Waals surface area contributed by atoms with Crippen molar-refractivity contribution in [2.75, 3.05) is 19.8 Å². The van der Waals surface area contributed by atoms with Gasteiger partial charge in [0.2, 0.25) is 0 Å². The minimum Gasteiger partial charge on any atom is -0.380 e. The molecule has 0 aliphatic carbocycles. The van der Waals surface area contributed by atoms with Crippen molar-refractivity contribution in [3.05, 3.63) is 16.1 Å². The Morgan fingerprint density at radius 3 is 3.00 bits per heavy atom. The first-order chi connectivity index (χ1) is 7.22. The van der Waals surface area contributed by atoms with E-state index in [-0.39, 0.29) is 0 Å². The number of aromatic nitrogens is 1. The zero-order valence-corrected chi connectivity index (χ0v) is 10.6. The molecule has 15 heavy (non-hydrogen) atoms. The van der Waals surface area contributed by atoms with Crippen molar-refractivity contribution in [2.24, 2.45) is 0 Å². The van der Waals surface area contributed by atoms with E-state index in [2.05, 4.69) is 24.1 Å². The summed E-state index contributed by atoms with van der Waals surface area (Å²) < 4.78 is 5.33. The van der Waals surface area contributed by atoms with E-state index >= 15 is 0 Å². The minimum atomic E-state index is 0.422. The summed E-state index contributed by atoms with van der Waals surface area (Å²) in [6.07, 6.45) is 2.94. The maximum Gasteiger partial charge on any atom is 0.0940 e. The number of aryl methyl sites for hydroxylation is 1. The molecule has 1 aromatic rings. The van der Waals surface area contributed by atoms with Crippen molar-refractivity contribution < 1.29 is 4.74 Å². The zero-order valence-electron chi connectivity index (χ0n) is 9.75. The number of ether oxygens (including phenoxy) is 1. The third-order valence-electron chi connectivity index (χ3n) is 2.07. The summed E-state index contributed by atoms with van der Waals surface area (Å²) in [7, 11) is 0. The monoisotopic (exact) mass is 228 g/mol. The van der Waals surface area contributed by atoms with Crippen LogP contribution >= 0.6 is 11.3 Å². The first kappa shape index (κ1) is 12.6. The largest absolute Gasteiger partial charge is 0.380 e. The smallest absolute Gasteiger partial charge is 0.0940 e. The summed E-state index contributed by atoms with van der Waals surface area (Å²) in [6, 6.07) is 0.422. The highest BCUT2D eigenvalue weighted by atomic mass is 32.1. The average Bonchev–Trinajstić information content (AvgIpc) is 2.61. The molecule has 1 aromatic heterocycles. The van der Waals surface area contributed by atoms with Gasteiger partial charge in [-0.1, -0.05) is 0 Å². The highest BCUT2D eigenvalue weighted by Crippen LogP contribution is 2.10. The van der Waals surface area contributed by atoms with Crippen LogP contribution in [0.3, 0.4) is 0 Å². The molecule has 3 nitrogen and oxygen atoms in total. The van der Waals surface area contributed by atoms with E-state index in [0.717, 1.165) is 26.2 Å². The lowest BCUT2D eigenvalue weighted by atomic mass is 10.3. The lowest BCUT2D eigenvalue weighted by molar-refractivity contribution is 0.127. The Kier molecular flexibility index (Phi) is 5.83. The molecule has 4 heteroatoms. The van der Waals surface area contributed by atoms with Gasteiger partial charge >= 0.3 is 0 Å². The molecule has 0 saturated carbocycles. The third-order valence-corrected chi connectivity index (χ3v) is 3.05. The number of hydrogen-bond acceptors (Lipinski definition) is 4. The van der Waals surface area contributed by atoms with Crippen LogP contribution in [0.25, 0.3) is 0 Å². The molecule has 0 amide bonds.